The summed E-state index contributed by atoms with van der Waals surface area (Å²) in [5.41, 5.74) is 1.60. The minimum Gasteiger partial charge on any atom is -0.444 e. The number of aromatic nitrogens is 1. The summed E-state index contributed by atoms with van der Waals surface area (Å²) in [6.45, 7) is 2.70. The summed E-state index contributed by atoms with van der Waals surface area (Å²) in [6.07, 6.45) is 4.41. The Hall–Kier alpha value is -3.00. The summed E-state index contributed by atoms with van der Waals surface area (Å²) < 4.78 is 58.6. The van der Waals surface area contributed by atoms with Crippen LogP contribution in [0.25, 0.3) is 11.3 Å². The number of rotatable bonds is 6. The first-order chi connectivity index (χ1) is 20.0. The molecule has 226 valence electrons. The van der Waals surface area contributed by atoms with E-state index in [-0.39, 0.29) is 60.3 Å². The molecule has 1 aromatic carbocycles. The van der Waals surface area contributed by atoms with Crippen LogP contribution in [0.3, 0.4) is 0 Å². The lowest BCUT2D eigenvalue weighted by Crippen LogP contribution is -2.42. The molecule has 3 aliphatic carbocycles. The third-order valence-electron chi connectivity index (χ3n) is 9.73. The van der Waals surface area contributed by atoms with Gasteiger partial charge in [0.05, 0.1) is 17.6 Å². The van der Waals surface area contributed by atoms with E-state index in [1.54, 1.807) is 0 Å². The van der Waals surface area contributed by atoms with Crippen LogP contribution in [0.4, 0.5) is 14.5 Å². The van der Waals surface area contributed by atoms with Crippen molar-refractivity contribution in [2.24, 2.45) is 11.8 Å². The highest BCUT2D eigenvalue weighted by Crippen LogP contribution is 2.48. The summed E-state index contributed by atoms with van der Waals surface area (Å²) in [5, 5.41) is 12.5. The molecule has 1 saturated heterocycles. The Kier molecular flexibility index (Phi) is 7.57. The number of nitrogens with one attached hydrogen (secondary N) is 1. The van der Waals surface area contributed by atoms with Crippen LogP contribution in [-0.2, 0) is 14.6 Å². The van der Waals surface area contributed by atoms with Gasteiger partial charge in [0.1, 0.15) is 17.0 Å². The van der Waals surface area contributed by atoms with Crippen molar-refractivity contribution in [2.75, 3.05) is 29.5 Å². The van der Waals surface area contributed by atoms with E-state index in [1.165, 1.54) is 0 Å². The van der Waals surface area contributed by atoms with Crippen LogP contribution in [0.5, 0.6) is 0 Å². The maximum atomic E-state index is 14.2. The number of nitriles is 1. The zero-order valence-corrected chi connectivity index (χ0v) is 24.8. The van der Waals surface area contributed by atoms with Crippen LogP contribution in [0.2, 0.25) is 0 Å². The Balaban J connectivity index is 1.33. The van der Waals surface area contributed by atoms with Gasteiger partial charge in [-0.25, -0.2) is 22.2 Å². The molecule has 0 bridgehead atoms. The molecule has 42 heavy (non-hydrogen) atoms. The van der Waals surface area contributed by atoms with Crippen molar-refractivity contribution in [3.63, 3.8) is 0 Å². The van der Waals surface area contributed by atoms with Crippen LogP contribution in [0.15, 0.2) is 28.7 Å². The third kappa shape index (κ3) is 5.92. The van der Waals surface area contributed by atoms with E-state index in [9.17, 15) is 27.3 Å². The van der Waals surface area contributed by atoms with Crippen molar-refractivity contribution in [1.29, 1.82) is 5.26 Å². The Labute approximate surface area is 245 Å². The zero-order valence-electron chi connectivity index (χ0n) is 24.0. The van der Waals surface area contributed by atoms with E-state index in [2.05, 4.69) is 11.4 Å². The minimum atomic E-state index is -3.00. The number of oxazole rings is 1. The topological polar surface area (TPSA) is 116 Å². The standard InChI is InChI=1S/C31H38F2N4O4S/c1-20-18-31(32,33)11-10-23(20)29-35-26(21-6-8-22(9-7-21)37-14-16-42(39,40)17-15-37)27(41-29)24-4-2-3-5-25(24)28(38)36-30(19-34)12-13-30/h6-9,20,23-25H,2-5,10-18H2,1H3,(H,36,38)/t20-,23-,24+,25+/m0/s1. The predicted molar refractivity (Wildman–Crippen MR) is 154 cm³/mol. The fraction of sp³-hybridized carbons (Fsp3) is 0.645. The molecule has 1 aromatic heterocycles. The highest BCUT2D eigenvalue weighted by atomic mass is 32.2. The normalized spacial score (nSPS) is 29.8. The molecule has 1 N–H and O–H groups in total. The Morgan fingerprint density at radius 2 is 1.76 bits per heavy atom. The van der Waals surface area contributed by atoms with Gasteiger partial charge in [0.15, 0.2) is 15.7 Å². The van der Waals surface area contributed by atoms with Crippen molar-refractivity contribution < 1.29 is 26.4 Å². The smallest absolute Gasteiger partial charge is 0.248 e. The van der Waals surface area contributed by atoms with E-state index in [0.29, 0.717) is 49.7 Å². The van der Waals surface area contributed by atoms with Gasteiger partial charge < -0.3 is 14.6 Å². The molecule has 4 fully saturated rings. The first kappa shape index (κ1) is 29.1. The summed E-state index contributed by atoms with van der Waals surface area (Å²) in [5.74, 6) is -2.65. The van der Waals surface area contributed by atoms with Gasteiger partial charge in [-0.15, -0.1) is 0 Å². The summed E-state index contributed by atoms with van der Waals surface area (Å²) in [7, 11) is -3.00. The predicted octanol–water partition coefficient (Wildman–Crippen LogP) is 5.56. The average Bonchev–Trinajstić information content (AvgIpc) is 3.60. The number of carbonyl (C=O) groups is 1. The first-order valence-corrected chi connectivity index (χ1v) is 17.0. The highest BCUT2D eigenvalue weighted by molar-refractivity contribution is 7.91. The summed E-state index contributed by atoms with van der Waals surface area (Å²) >= 11 is 0. The molecule has 6 rings (SSSR count). The Bertz CT molecular complexity index is 1470. The highest BCUT2D eigenvalue weighted by Gasteiger charge is 2.48. The van der Waals surface area contributed by atoms with Gasteiger partial charge in [-0.1, -0.05) is 31.9 Å². The number of halogens is 2. The molecule has 0 unspecified atom stereocenters. The van der Waals surface area contributed by atoms with Gasteiger partial charge in [0.2, 0.25) is 11.8 Å². The van der Waals surface area contributed by atoms with E-state index >= 15 is 0 Å². The second kappa shape index (κ2) is 10.9. The first-order valence-electron chi connectivity index (χ1n) is 15.2. The molecule has 2 aromatic rings. The molecular formula is C31H38F2N4O4S. The maximum absolute atomic E-state index is 14.2. The summed E-state index contributed by atoms with van der Waals surface area (Å²) in [6, 6.07) is 10.0. The van der Waals surface area contributed by atoms with E-state index in [0.717, 1.165) is 30.5 Å². The zero-order chi connectivity index (χ0) is 29.7. The minimum absolute atomic E-state index is 0.127. The molecule has 0 spiro atoms. The van der Waals surface area contributed by atoms with Crippen LogP contribution < -0.4 is 10.2 Å². The number of anilines is 1. The molecule has 3 saturated carbocycles. The van der Waals surface area contributed by atoms with Crippen molar-refractivity contribution >= 4 is 21.4 Å². The van der Waals surface area contributed by atoms with Crippen molar-refractivity contribution in [3.05, 3.63) is 35.9 Å². The second-order valence-electron chi connectivity index (χ2n) is 12.8. The number of hydrogen-bond donors (Lipinski definition) is 1. The lowest BCUT2D eigenvalue weighted by atomic mass is 9.76. The number of sulfone groups is 1. The number of nitrogens with zero attached hydrogens (tertiary/aromatic N) is 3. The number of carbonyl (C=O) groups excluding carboxylic acids is 1. The van der Waals surface area contributed by atoms with Crippen LogP contribution >= 0.6 is 0 Å². The molecule has 11 heteroatoms. The number of benzene rings is 1. The molecule has 2 heterocycles. The second-order valence-corrected chi connectivity index (χ2v) is 15.1. The Morgan fingerprint density at radius 1 is 1.07 bits per heavy atom. The van der Waals surface area contributed by atoms with Crippen LogP contribution in [-0.4, -0.2) is 55.4 Å². The quantitative estimate of drug-likeness (QED) is 0.461. The number of hydrogen-bond acceptors (Lipinski definition) is 7. The number of amides is 1. The molecule has 4 aliphatic rings. The molecule has 0 radical (unpaired) electrons. The van der Waals surface area contributed by atoms with Crippen molar-refractivity contribution in [3.8, 4) is 17.3 Å². The SMILES string of the molecule is C[C@H]1CC(F)(F)CC[C@@H]1c1nc(-c2ccc(N3CCS(=O)(=O)CC3)cc2)c([C@@H]2CCCC[C@H]2C(=O)NC2(C#N)CC2)o1. The van der Waals surface area contributed by atoms with E-state index < -0.39 is 21.3 Å². The molecule has 4 atom stereocenters. The fourth-order valence-electron chi connectivity index (χ4n) is 6.98. The monoisotopic (exact) mass is 600 g/mol. The summed E-state index contributed by atoms with van der Waals surface area (Å²) in [4.78, 5) is 20.5. The largest absolute Gasteiger partial charge is 0.444 e. The lowest BCUT2D eigenvalue weighted by Gasteiger charge is -2.32. The number of alkyl halides is 2. The van der Waals surface area contributed by atoms with Crippen molar-refractivity contribution in [2.45, 2.75) is 88.0 Å². The maximum Gasteiger partial charge on any atom is 0.248 e. The van der Waals surface area contributed by atoms with Gasteiger partial charge in [0, 0.05) is 54.9 Å². The molecule has 1 aliphatic heterocycles. The van der Waals surface area contributed by atoms with Gasteiger partial charge in [-0.2, -0.15) is 5.26 Å². The van der Waals surface area contributed by atoms with Gasteiger partial charge >= 0.3 is 0 Å². The Morgan fingerprint density at radius 3 is 2.40 bits per heavy atom. The third-order valence-corrected chi connectivity index (χ3v) is 11.3. The van der Waals surface area contributed by atoms with Crippen LogP contribution in [0.1, 0.15) is 88.2 Å². The van der Waals surface area contributed by atoms with Crippen LogP contribution in [0, 0.1) is 23.2 Å². The average molecular weight is 601 g/mol. The van der Waals surface area contributed by atoms with Crippen molar-refractivity contribution in [1.82, 2.24) is 10.3 Å². The molecule has 8 nitrogen and oxygen atoms in total. The lowest BCUT2D eigenvalue weighted by molar-refractivity contribution is -0.127. The molecule has 1 amide bonds. The van der Waals surface area contributed by atoms with E-state index in [1.807, 2.05) is 36.1 Å². The van der Waals surface area contributed by atoms with Gasteiger partial charge in [-0.05, 0) is 50.2 Å². The van der Waals surface area contributed by atoms with Gasteiger partial charge in [0.25, 0.3) is 0 Å². The van der Waals surface area contributed by atoms with Gasteiger partial charge in [-0.3, -0.25) is 4.79 Å². The molecular weight excluding hydrogens is 562 g/mol. The fourth-order valence-corrected chi connectivity index (χ4v) is 8.18. The van der Waals surface area contributed by atoms with E-state index in [4.69, 9.17) is 9.40 Å².